The third kappa shape index (κ3) is 5.85. The van der Waals surface area contributed by atoms with Crippen LogP contribution in [-0.4, -0.2) is 16.9 Å². The predicted octanol–water partition coefficient (Wildman–Crippen LogP) is 3.03. The molecule has 1 aliphatic rings. The van der Waals surface area contributed by atoms with E-state index in [0.29, 0.717) is 0 Å². The fraction of sp³-hybridized carbons (Fsp3) is 0.429. The molecule has 0 unspecified atom stereocenters. The molecule has 0 saturated carbocycles. The zero-order chi connectivity index (χ0) is 12.5. The summed E-state index contributed by atoms with van der Waals surface area (Å²) in [4.78, 5) is 21.4. The van der Waals surface area contributed by atoms with Gasteiger partial charge in [0.2, 0.25) is 0 Å². The van der Waals surface area contributed by atoms with Crippen molar-refractivity contribution in [1.29, 1.82) is 0 Å². The maximum atomic E-state index is 11.2. The third-order valence-corrected chi connectivity index (χ3v) is 2.62. The zero-order valence-corrected chi connectivity index (χ0v) is 9.89. The van der Waals surface area contributed by atoms with Gasteiger partial charge in [-0.05, 0) is 25.3 Å². The van der Waals surface area contributed by atoms with E-state index in [1.165, 1.54) is 0 Å². The average molecular weight is 234 g/mol. The van der Waals surface area contributed by atoms with Gasteiger partial charge in [-0.3, -0.25) is 9.59 Å². The van der Waals surface area contributed by atoms with Crippen LogP contribution in [0, 0.1) is 0 Å². The summed E-state index contributed by atoms with van der Waals surface area (Å²) in [7, 11) is 0. The lowest BCUT2D eigenvalue weighted by Gasteiger charge is -1.97. The van der Waals surface area contributed by atoms with Gasteiger partial charge in [0.15, 0.2) is 5.78 Å². The van der Waals surface area contributed by atoms with Gasteiger partial charge in [-0.15, -0.1) is 0 Å². The van der Waals surface area contributed by atoms with Crippen LogP contribution in [-0.2, 0) is 9.59 Å². The highest BCUT2D eigenvalue weighted by Gasteiger charge is 2.04. The summed E-state index contributed by atoms with van der Waals surface area (Å²) in [6, 6.07) is 0. The van der Waals surface area contributed by atoms with Crippen molar-refractivity contribution in [3.63, 3.8) is 0 Å². The highest BCUT2D eigenvalue weighted by Crippen LogP contribution is 2.10. The molecule has 0 aliphatic heterocycles. The number of ketones is 1. The van der Waals surface area contributed by atoms with Crippen molar-refractivity contribution in [1.82, 2.24) is 0 Å². The standard InChI is InChI=1S/C14H18O3/c15-13-10-7-9-12(13)8-5-3-1-2-4-6-11-14(16)17/h5,7-10H,1-4,6,11H2,(H,16,17)/b8-5-. The number of hydrogen-bond donors (Lipinski definition) is 1. The highest BCUT2D eigenvalue weighted by molar-refractivity contribution is 6.08. The third-order valence-electron chi connectivity index (χ3n) is 2.62. The van der Waals surface area contributed by atoms with Gasteiger partial charge in [-0.2, -0.15) is 0 Å². The number of carboxylic acid groups (broad SMARTS) is 1. The summed E-state index contributed by atoms with van der Waals surface area (Å²) < 4.78 is 0. The minimum absolute atomic E-state index is 0.0720. The van der Waals surface area contributed by atoms with Crippen LogP contribution in [0.5, 0.6) is 0 Å². The fourth-order valence-corrected chi connectivity index (χ4v) is 1.66. The lowest BCUT2D eigenvalue weighted by Crippen LogP contribution is -1.93. The van der Waals surface area contributed by atoms with E-state index in [9.17, 15) is 9.59 Å². The first kappa shape index (κ1) is 13.4. The van der Waals surface area contributed by atoms with Gasteiger partial charge in [0.05, 0.1) is 0 Å². The van der Waals surface area contributed by atoms with Crippen molar-refractivity contribution in [2.24, 2.45) is 0 Å². The molecule has 3 nitrogen and oxygen atoms in total. The molecule has 0 aromatic heterocycles. The van der Waals surface area contributed by atoms with Crippen LogP contribution in [0.3, 0.4) is 0 Å². The molecule has 1 aliphatic carbocycles. The molecule has 92 valence electrons. The molecular weight excluding hydrogens is 216 g/mol. The highest BCUT2D eigenvalue weighted by atomic mass is 16.4. The Labute approximate surface area is 102 Å². The minimum atomic E-state index is -0.718. The molecule has 0 bridgehead atoms. The molecule has 0 amide bonds. The van der Waals surface area contributed by atoms with E-state index in [0.717, 1.165) is 37.7 Å². The van der Waals surface area contributed by atoms with Crippen LogP contribution in [0.4, 0.5) is 0 Å². The monoisotopic (exact) mass is 234 g/mol. The van der Waals surface area contributed by atoms with Gasteiger partial charge >= 0.3 is 5.97 Å². The molecule has 0 saturated heterocycles. The Hall–Kier alpha value is -1.64. The summed E-state index contributed by atoms with van der Waals surface area (Å²) in [5.74, 6) is -0.646. The second kappa shape index (κ2) is 7.60. The molecule has 3 heteroatoms. The number of carboxylic acids is 1. The molecule has 0 radical (unpaired) electrons. The number of allylic oxidation sites excluding steroid dienone is 6. The molecule has 0 spiro atoms. The Bertz CT molecular complexity index is 362. The van der Waals surface area contributed by atoms with Crippen molar-refractivity contribution in [3.05, 3.63) is 36.0 Å². The fourth-order valence-electron chi connectivity index (χ4n) is 1.66. The first-order valence-corrected chi connectivity index (χ1v) is 6.01. The molecule has 1 N–H and O–H groups in total. The van der Waals surface area contributed by atoms with Crippen LogP contribution < -0.4 is 0 Å². The van der Waals surface area contributed by atoms with Crippen molar-refractivity contribution in [3.8, 4) is 0 Å². The number of unbranched alkanes of at least 4 members (excludes halogenated alkanes) is 4. The van der Waals surface area contributed by atoms with Crippen molar-refractivity contribution in [2.45, 2.75) is 38.5 Å². The van der Waals surface area contributed by atoms with Gasteiger partial charge < -0.3 is 5.11 Å². The zero-order valence-electron chi connectivity index (χ0n) is 9.89. The Morgan fingerprint density at radius 2 is 2.00 bits per heavy atom. The summed E-state index contributed by atoms with van der Waals surface area (Å²) >= 11 is 0. The van der Waals surface area contributed by atoms with Gasteiger partial charge in [-0.25, -0.2) is 0 Å². The SMILES string of the molecule is O=C(O)CCCCCC/C=C\C1=CC=CC1=O. The van der Waals surface area contributed by atoms with E-state index in [4.69, 9.17) is 5.11 Å². The van der Waals surface area contributed by atoms with Crippen molar-refractivity contribution >= 4 is 11.8 Å². The van der Waals surface area contributed by atoms with Gasteiger partial charge in [0.25, 0.3) is 0 Å². The lowest BCUT2D eigenvalue weighted by molar-refractivity contribution is -0.137. The average Bonchev–Trinajstić information content (AvgIpc) is 2.68. The Kier molecular flexibility index (Phi) is 6.00. The van der Waals surface area contributed by atoms with E-state index >= 15 is 0 Å². The van der Waals surface area contributed by atoms with Crippen LogP contribution in [0.2, 0.25) is 0 Å². The molecule has 0 heterocycles. The quantitative estimate of drug-likeness (QED) is 0.657. The largest absolute Gasteiger partial charge is 0.481 e. The summed E-state index contributed by atoms with van der Waals surface area (Å²) in [6.07, 6.45) is 14.0. The van der Waals surface area contributed by atoms with Gasteiger partial charge in [0.1, 0.15) is 0 Å². The van der Waals surface area contributed by atoms with Crippen LogP contribution in [0.1, 0.15) is 38.5 Å². The van der Waals surface area contributed by atoms with Crippen molar-refractivity contribution in [2.75, 3.05) is 0 Å². The molecule has 1 rings (SSSR count). The normalized spacial score (nSPS) is 14.6. The second-order valence-corrected chi connectivity index (χ2v) is 4.09. The molecule has 0 aromatic rings. The number of hydrogen-bond acceptors (Lipinski definition) is 2. The Morgan fingerprint density at radius 3 is 2.65 bits per heavy atom. The molecule has 0 aromatic carbocycles. The van der Waals surface area contributed by atoms with E-state index < -0.39 is 5.97 Å². The molecule has 0 fully saturated rings. The maximum absolute atomic E-state index is 11.2. The molecule has 17 heavy (non-hydrogen) atoms. The number of carbonyl (C=O) groups is 2. The van der Waals surface area contributed by atoms with E-state index in [1.807, 2.05) is 18.2 Å². The first-order chi connectivity index (χ1) is 8.20. The lowest BCUT2D eigenvalue weighted by atomic mass is 10.1. The predicted molar refractivity (Wildman–Crippen MR) is 66.7 cm³/mol. The van der Waals surface area contributed by atoms with Crippen molar-refractivity contribution < 1.29 is 14.7 Å². The summed E-state index contributed by atoms with van der Waals surface area (Å²) in [5.41, 5.74) is 0.746. The topological polar surface area (TPSA) is 54.4 Å². The second-order valence-electron chi connectivity index (χ2n) is 4.09. The molecular formula is C14H18O3. The van der Waals surface area contributed by atoms with E-state index in [2.05, 4.69) is 0 Å². The molecule has 0 atom stereocenters. The number of aliphatic carboxylic acids is 1. The number of rotatable bonds is 8. The van der Waals surface area contributed by atoms with Crippen LogP contribution >= 0.6 is 0 Å². The first-order valence-electron chi connectivity index (χ1n) is 6.01. The Balaban J connectivity index is 1.99. The van der Waals surface area contributed by atoms with E-state index in [1.54, 1.807) is 12.2 Å². The number of carbonyl (C=O) groups excluding carboxylic acids is 1. The van der Waals surface area contributed by atoms with Crippen LogP contribution in [0.15, 0.2) is 36.0 Å². The van der Waals surface area contributed by atoms with Gasteiger partial charge in [0, 0.05) is 12.0 Å². The van der Waals surface area contributed by atoms with Gasteiger partial charge in [-0.1, -0.05) is 37.1 Å². The maximum Gasteiger partial charge on any atom is 0.303 e. The van der Waals surface area contributed by atoms with Crippen LogP contribution in [0.25, 0.3) is 0 Å². The Morgan fingerprint density at radius 1 is 1.24 bits per heavy atom. The smallest absolute Gasteiger partial charge is 0.303 e. The minimum Gasteiger partial charge on any atom is -0.481 e. The summed E-state index contributed by atoms with van der Waals surface area (Å²) in [5, 5.41) is 8.45. The summed E-state index contributed by atoms with van der Waals surface area (Å²) in [6.45, 7) is 0. The van der Waals surface area contributed by atoms with E-state index in [-0.39, 0.29) is 12.2 Å².